The molecule has 3 nitrogen and oxygen atoms in total. The van der Waals surface area contributed by atoms with E-state index < -0.39 is 8.07 Å². The average Bonchev–Trinajstić information content (AvgIpc) is 4.03. The lowest BCUT2D eigenvalue weighted by Gasteiger charge is -2.34. The molecule has 0 bridgehead atoms. The monoisotopic (exact) mass is 832 g/mol. The highest BCUT2D eigenvalue weighted by atomic mass is 28.3. The van der Waals surface area contributed by atoms with Gasteiger partial charge in [0, 0.05) is 49.3 Å². The molecule has 0 atom stereocenters. The average molecular weight is 833 g/mol. The molecule has 0 aliphatic heterocycles. The third-order valence-electron chi connectivity index (χ3n) is 13.5. The first-order valence-electron chi connectivity index (χ1n) is 22.0. The number of fused-ring (bicyclic) bond motifs is 9. The number of rotatable bonds is 7. The Morgan fingerprint density at radius 1 is 0.297 bits per heavy atom. The summed E-state index contributed by atoms with van der Waals surface area (Å²) in [5.41, 5.74) is 11.0. The van der Waals surface area contributed by atoms with Crippen molar-refractivity contribution in [1.82, 2.24) is 9.13 Å². The Hall–Kier alpha value is -8.18. The van der Waals surface area contributed by atoms with Crippen LogP contribution in [0.25, 0.3) is 88.1 Å². The summed E-state index contributed by atoms with van der Waals surface area (Å²) in [6, 6.07) is 89.3. The normalized spacial score (nSPS) is 12.1. The molecular weight excluding hydrogens is 793 g/mol. The number of benzene rings is 10. The van der Waals surface area contributed by atoms with Gasteiger partial charge in [-0.15, -0.1) is 0 Å². The number of furan rings is 1. The van der Waals surface area contributed by atoms with Crippen LogP contribution in [-0.4, -0.2) is 17.2 Å². The predicted molar refractivity (Wildman–Crippen MR) is 271 cm³/mol. The van der Waals surface area contributed by atoms with Gasteiger partial charge >= 0.3 is 0 Å². The Morgan fingerprint density at radius 3 is 1.50 bits per heavy atom. The largest absolute Gasteiger partial charge is 0.456 e. The second-order valence-electron chi connectivity index (χ2n) is 16.8. The summed E-state index contributed by atoms with van der Waals surface area (Å²) in [5, 5.41) is 12.6. The van der Waals surface area contributed by atoms with Gasteiger partial charge in [-0.25, -0.2) is 0 Å². The summed E-state index contributed by atoms with van der Waals surface area (Å²) < 4.78 is 11.4. The molecule has 0 radical (unpaired) electrons. The lowest BCUT2D eigenvalue weighted by molar-refractivity contribution is 0.669. The topological polar surface area (TPSA) is 23.0 Å². The van der Waals surface area contributed by atoms with Crippen molar-refractivity contribution in [3.8, 4) is 22.5 Å². The van der Waals surface area contributed by atoms with Crippen LogP contribution in [0.4, 0.5) is 0 Å². The maximum atomic E-state index is 6.43. The zero-order chi connectivity index (χ0) is 42.2. The lowest BCUT2D eigenvalue weighted by atomic mass is 10.0. The van der Waals surface area contributed by atoms with Gasteiger partial charge in [-0.2, -0.15) is 0 Å². The molecule has 0 aliphatic carbocycles. The maximum Gasteiger partial charge on any atom is 0.179 e. The van der Waals surface area contributed by atoms with E-state index in [9.17, 15) is 0 Å². The van der Waals surface area contributed by atoms with Crippen LogP contribution < -0.4 is 20.7 Å². The maximum absolute atomic E-state index is 6.43. The van der Waals surface area contributed by atoms with Crippen molar-refractivity contribution in [2.24, 2.45) is 0 Å². The molecule has 0 aliphatic rings. The third kappa shape index (κ3) is 5.39. The van der Waals surface area contributed by atoms with E-state index in [0.29, 0.717) is 0 Å². The van der Waals surface area contributed by atoms with Crippen molar-refractivity contribution in [2.45, 2.75) is 0 Å². The van der Waals surface area contributed by atoms with Crippen LogP contribution in [0.3, 0.4) is 0 Å². The molecule has 64 heavy (non-hydrogen) atoms. The molecule has 3 aromatic heterocycles. The summed E-state index contributed by atoms with van der Waals surface area (Å²) in [7, 11) is -2.78. The first kappa shape index (κ1) is 36.5. The SMILES string of the molecule is c1ccc([Si](c2ccccc2)(c2ccccc2)c2cccc(-n3c4ccccc4c4ccc(-n5c6ccccc6c6cccc(-c7ccc8c(c7)oc7ccccc78)c65)cc43)c2)cc1. The molecule has 10 aromatic carbocycles. The van der Waals surface area contributed by atoms with Crippen molar-refractivity contribution in [3.05, 3.63) is 243 Å². The minimum atomic E-state index is -2.78. The molecule has 13 rings (SSSR count). The first-order chi connectivity index (χ1) is 31.8. The van der Waals surface area contributed by atoms with E-state index >= 15 is 0 Å². The Kier molecular flexibility index (Phi) is 8.23. The molecular formula is C60H40N2OSi. The second-order valence-corrected chi connectivity index (χ2v) is 20.6. The van der Waals surface area contributed by atoms with Crippen LogP contribution in [0.5, 0.6) is 0 Å². The fourth-order valence-corrected chi connectivity index (χ4v) is 15.5. The fraction of sp³-hybridized carbons (Fsp3) is 0. The van der Waals surface area contributed by atoms with Gasteiger partial charge in [0.1, 0.15) is 11.2 Å². The van der Waals surface area contributed by atoms with Gasteiger partial charge in [0.15, 0.2) is 8.07 Å². The number of hydrogen-bond acceptors (Lipinski definition) is 1. The minimum Gasteiger partial charge on any atom is -0.456 e. The molecule has 300 valence electrons. The molecule has 0 unspecified atom stereocenters. The summed E-state index contributed by atoms with van der Waals surface area (Å²) in [4.78, 5) is 0. The van der Waals surface area contributed by atoms with E-state index in [0.717, 1.165) is 50.0 Å². The highest BCUT2D eigenvalue weighted by molar-refractivity contribution is 7.19. The van der Waals surface area contributed by atoms with E-state index in [-0.39, 0.29) is 0 Å². The van der Waals surface area contributed by atoms with Gasteiger partial charge in [0.2, 0.25) is 0 Å². The molecule has 4 heteroatoms. The van der Waals surface area contributed by atoms with Gasteiger partial charge in [0.05, 0.1) is 22.1 Å². The molecule has 0 N–H and O–H groups in total. The van der Waals surface area contributed by atoms with Gasteiger partial charge in [-0.3, -0.25) is 0 Å². The molecule has 0 spiro atoms. The van der Waals surface area contributed by atoms with E-state index in [1.165, 1.54) is 58.8 Å². The molecule has 0 saturated carbocycles. The van der Waals surface area contributed by atoms with Crippen LogP contribution in [0, 0.1) is 0 Å². The number of nitrogens with zero attached hydrogens (tertiary/aromatic N) is 2. The number of para-hydroxylation sites is 4. The van der Waals surface area contributed by atoms with Crippen molar-refractivity contribution in [2.75, 3.05) is 0 Å². The van der Waals surface area contributed by atoms with Crippen LogP contribution in [-0.2, 0) is 0 Å². The van der Waals surface area contributed by atoms with Gasteiger partial charge in [-0.1, -0.05) is 188 Å². The molecule has 13 aromatic rings. The van der Waals surface area contributed by atoms with E-state index in [4.69, 9.17) is 4.42 Å². The summed E-state index contributed by atoms with van der Waals surface area (Å²) in [6.45, 7) is 0. The second kappa shape index (κ2) is 14.5. The lowest BCUT2D eigenvalue weighted by Crippen LogP contribution is -2.74. The van der Waals surface area contributed by atoms with Crippen LogP contribution >= 0.6 is 0 Å². The number of hydrogen-bond donors (Lipinski definition) is 0. The summed E-state index contributed by atoms with van der Waals surface area (Å²) in [6.07, 6.45) is 0. The van der Waals surface area contributed by atoms with Crippen LogP contribution in [0.2, 0.25) is 0 Å². The van der Waals surface area contributed by atoms with E-state index in [1.807, 2.05) is 12.1 Å². The van der Waals surface area contributed by atoms with Crippen LogP contribution in [0.1, 0.15) is 0 Å². The van der Waals surface area contributed by atoms with E-state index in [1.54, 1.807) is 0 Å². The van der Waals surface area contributed by atoms with Crippen LogP contribution in [0.15, 0.2) is 247 Å². The van der Waals surface area contributed by atoms with Crippen molar-refractivity contribution in [3.63, 3.8) is 0 Å². The van der Waals surface area contributed by atoms with Crippen molar-refractivity contribution in [1.29, 1.82) is 0 Å². The van der Waals surface area contributed by atoms with Gasteiger partial charge in [0.25, 0.3) is 0 Å². The fourth-order valence-electron chi connectivity index (χ4n) is 10.7. The standard InChI is InChI=1S/C60H40N2OSi/c1-4-19-44(20-5-1)64(45-21-6-2-7-22-45,46-23-8-3-9-24-46)47-25-16-18-42(39-47)61-55-31-13-10-26-49(55)51-37-35-43(40-57(51)61)62-56-32-14-11-27-50(56)54-30-17-29-48(60(54)62)41-34-36-53-52-28-12-15-33-58(52)63-59(53)38-41/h1-40H. The zero-order valence-corrected chi connectivity index (χ0v) is 35.9. The minimum absolute atomic E-state index is 0.894. The summed E-state index contributed by atoms with van der Waals surface area (Å²) in [5.74, 6) is 0. The summed E-state index contributed by atoms with van der Waals surface area (Å²) >= 11 is 0. The van der Waals surface area contributed by atoms with E-state index in [2.05, 4.69) is 240 Å². The van der Waals surface area contributed by atoms with Crippen molar-refractivity contribution < 1.29 is 4.42 Å². The highest BCUT2D eigenvalue weighted by Gasteiger charge is 2.41. The smallest absolute Gasteiger partial charge is 0.179 e. The quantitative estimate of drug-likeness (QED) is 0.116. The molecule has 0 saturated heterocycles. The first-order valence-corrected chi connectivity index (χ1v) is 24.0. The highest BCUT2D eigenvalue weighted by Crippen LogP contribution is 2.41. The Morgan fingerprint density at radius 2 is 0.797 bits per heavy atom. The Balaban J connectivity index is 1.06. The zero-order valence-electron chi connectivity index (χ0n) is 34.9. The Bertz CT molecular complexity index is 3800. The predicted octanol–water partition coefficient (Wildman–Crippen LogP) is 12.8. The van der Waals surface area contributed by atoms with Gasteiger partial charge < -0.3 is 13.6 Å². The molecule has 3 heterocycles. The number of aromatic nitrogens is 2. The molecule has 0 amide bonds. The third-order valence-corrected chi connectivity index (χ3v) is 18.2. The van der Waals surface area contributed by atoms with Crippen molar-refractivity contribution >= 4 is 94.4 Å². The van der Waals surface area contributed by atoms with Gasteiger partial charge in [-0.05, 0) is 80.9 Å². The Labute approximate surface area is 371 Å². The molecule has 0 fully saturated rings.